The number of halogens is 1. The Morgan fingerprint density at radius 1 is 0.396 bits per heavy atom. The van der Waals surface area contributed by atoms with Gasteiger partial charge in [-0.1, -0.05) is 121 Å². The van der Waals surface area contributed by atoms with Crippen LogP contribution in [0.15, 0.2) is 158 Å². The molecule has 226 valence electrons. The molecule has 0 bridgehead atoms. The summed E-state index contributed by atoms with van der Waals surface area (Å²) in [6.07, 6.45) is 0. The van der Waals surface area contributed by atoms with Crippen molar-refractivity contribution >= 4 is 27.3 Å². The van der Waals surface area contributed by atoms with Gasteiger partial charge in [-0.25, -0.2) is 23.9 Å². The summed E-state index contributed by atoms with van der Waals surface area (Å²) in [5, 5.41) is 8.31. The zero-order chi connectivity index (χ0) is 32.0. The van der Waals surface area contributed by atoms with E-state index >= 15 is 0 Å². The molecule has 6 heteroatoms. The summed E-state index contributed by atoms with van der Waals surface area (Å²) >= 11 is 0. The van der Waals surface area contributed by atoms with E-state index in [9.17, 15) is 4.39 Å². The van der Waals surface area contributed by atoms with Crippen LogP contribution in [0, 0.1) is 5.82 Å². The lowest BCUT2D eigenvalue weighted by Crippen LogP contribution is -1.96. The summed E-state index contributed by atoms with van der Waals surface area (Å²) in [4.78, 5) is 14.9. The van der Waals surface area contributed by atoms with Crippen LogP contribution in [0.5, 0.6) is 0 Å². The molecule has 9 rings (SSSR count). The molecule has 48 heavy (non-hydrogen) atoms. The van der Waals surface area contributed by atoms with E-state index in [-0.39, 0.29) is 5.82 Å². The molecule has 9 aromatic rings. The van der Waals surface area contributed by atoms with E-state index in [1.807, 2.05) is 77.3 Å². The van der Waals surface area contributed by atoms with E-state index in [4.69, 9.17) is 20.1 Å². The number of pyridine rings is 1. The van der Waals surface area contributed by atoms with Crippen LogP contribution in [0.1, 0.15) is 0 Å². The summed E-state index contributed by atoms with van der Waals surface area (Å²) < 4.78 is 15.8. The number of aromatic nitrogens is 5. The monoisotopic (exact) mass is 619 g/mol. The Hall–Kier alpha value is -6.53. The Morgan fingerprint density at radius 2 is 0.896 bits per heavy atom. The molecule has 0 atom stereocenters. The Labute approximate surface area is 275 Å². The molecule has 0 saturated heterocycles. The summed E-state index contributed by atoms with van der Waals surface area (Å²) in [6, 6.07) is 51.6. The van der Waals surface area contributed by atoms with Crippen molar-refractivity contribution in [2.24, 2.45) is 0 Å². The Balaban J connectivity index is 1.12. The fourth-order valence-corrected chi connectivity index (χ4v) is 6.30. The van der Waals surface area contributed by atoms with Gasteiger partial charge in [0, 0.05) is 33.0 Å². The first-order valence-corrected chi connectivity index (χ1v) is 15.8. The number of para-hydroxylation sites is 1. The van der Waals surface area contributed by atoms with Crippen LogP contribution in [-0.4, -0.2) is 24.6 Å². The molecule has 0 saturated carbocycles. The Kier molecular flexibility index (Phi) is 6.57. The second kappa shape index (κ2) is 11.4. The minimum atomic E-state index is -0.290. The Morgan fingerprint density at radius 3 is 1.58 bits per heavy atom. The third-order valence-electron chi connectivity index (χ3n) is 8.75. The highest BCUT2D eigenvalue weighted by Gasteiger charge is 2.15. The first-order chi connectivity index (χ1) is 23.7. The summed E-state index contributed by atoms with van der Waals surface area (Å²) in [5.74, 6) is 0.954. The SMILES string of the molecule is Fc1ccc(-c2cc(-c3ccc(-c4nc5c6ccccc6c6ccccc6n5n4)cc3)nc(-c3ccc(-c4ccccc4)cc3)n2)cc1. The molecule has 0 fully saturated rings. The van der Waals surface area contributed by atoms with Crippen molar-refractivity contribution in [3.05, 3.63) is 164 Å². The normalized spacial score (nSPS) is 11.4. The van der Waals surface area contributed by atoms with Gasteiger partial charge in [0.1, 0.15) is 5.82 Å². The summed E-state index contributed by atoms with van der Waals surface area (Å²) in [7, 11) is 0. The third kappa shape index (κ3) is 4.87. The van der Waals surface area contributed by atoms with Crippen molar-refractivity contribution in [1.29, 1.82) is 0 Å². The molecule has 3 heterocycles. The largest absolute Gasteiger partial charge is 0.228 e. The quantitative estimate of drug-likeness (QED) is 0.180. The molecule has 0 unspecified atom stereocenters. The van der Waals surface area contributed by atoms with Crippen molar-refractivity contribution < 1.29 is 4.39 Å². The highest BCUT2D eigenvalue weighted by molar-refractivity contribution is 6.11. The number of nitrogens with zero attached hydrogens (tertiary/aromatic N) is 5. The van der Waals surface area contributed by atoms with Gasteiger partial charge >= 0.3 is 0 Å². The third-order valence-corrected chi connectivity index (χ3v) is 8.75. The van der Waals surface area contributed by atoms with Gasteiger partial charge in [-0.3, -0.25) is 0 Å². The molecule has 0 aliphatic carbocycles. The zero-order valence-corrected chi connectivity index (χ0v) is 25.6. The summed E-state index contributed by atoms with van der Waals surface area (Å²) in [6.45, 7) is 0. The van der Waals surface area contributed by atoms with Crippen molar-refractivity contribution in [3.8, 4) is 56.4 Å². The molecule has 6 aromatic carbocycles. The lowest BCUT2D eigenvalue weighted by Gasteiger charge is -2.10. The molecular weight excluding hydrogens is 593 g/mol. The van der Waals surface area contributed by atoms with Crippen LogP contribution >= 0.6 is 0 Å². The Bertz CT molecular complexity index is 2520. The molecule has 3 aromatic heterocycles. The minimum absolute atomic E-state index is 0.290. The fraction of sp³-hybridized carbons (Fsp3) is 0. The molecule has 5 nitrogen and oxygen atoms in total. The molecule has 0 aliphatic heterocycles. The van der Waals surface area contributed by atoms with Crippen molar-refractivity contribution in [2.45, 2.75) is 0 Å². The van der Waals surface area contributed by atoms with E-state index in [2.05, 4.69) is 60.7 Å². The maximum atomic E-state index is 13.8. The van der Waals surface area contributed by atoms with Crippen LogP contribution in [-0.2, 0) is 0 Å². The molecule has 0 spiro atoms. The van der Waals surface area contributed by atoms with Crippen LogP contribution < -0.4 is 0 Å². The zero-order valence-electron chi connectivity index (χ0n) is 25.6. The van der Waals surface area contributed by atoms with Crippen LogP contribution in [0.3, 0.4) is 0 Å². The maximum Gasteiger partial charge on any atom is 0.182 e. The number of rotatable bonds is 5. The van der Waals surface area contributed by atoms with Crippen molar-refractivity contribution in [1.82, 2.24) is 24.6 Å². The predicted octanol–water partition coefficient (Wildman–Crippen LogP) is 10.3. The van der Waals surface area contributed by atoms with Crippen molar-refractivity contribution in [2.75, 3.05) is 0 Å². The maximum absolute atomic E-state index is 13.8. The predicted molar refractivity (Wildman–Crippen MR) is 191 cm³/mol. The number of fused-ring (bicyclic) bond motifs is 6. The first-order valence-electron chi connectivity index (χ1n) is 15.8. The average molecular weight is 620 g/mol. The molecule has 0 aliphatic rings. The number of benzene rings is 6. The van der Waals surface area contributed by atoms with E-state index in [0.717, 1.165) is 66.4 Å². The number of hydrogen-bond acceptors (Lipinski definition) is 4. The van der Waals surface area contributed by atoms with Gasteiger partial charge in [0.05, 0.1) is 16.9 Å². The lowest BCUT2D eigenvalue weighted by molar-refractivity contribution is 0.628. The molecule has 0 amide bonds. The minimum Gasteiger partial charge on any atom is -0.228 e. The van der Waals surface area contributed by atoms with Crippen LogP contribution in [0.25, 0.3) is 83.7 Å². The molecule has 0 radical (unpaired) electrons. The van der Waals surface area contributed by atoms with Gasteiger partial charge in [-0.05, 0) is 52.9 Å². The van der Waals surface area contributed by atoms with Crippen LogP contribution in [0.4, 0.5) is 4.39 Å². The first kappa shape index (κ1) is 27.8. The van der Waals surface area contributed by atoms with Gasteiger partial charge in [0.25, 0.3) is 0 Å². The summed E-state index contributed by atoms with van der Waals surface area (Å²) in [5.41, 5.74) is 9.11. The van der Waals surface area contributed by atoms with Gasteiger partial charge in [0.2, 0.25) is 0 Å². The van der Waals surface area contributed by atoms with E-state index in [1.165, 1.54) is 12.1 Å². The smallest absolute Gasteiger partial charge is 0.182 e. The highest BCUT2D eigenvalue weighted by atomic mass is 19.1. The standard InChI is InChI=1S/C42H26FN5/c43-33-24-22-30(23-25-33)38-26-37(44-40(45-38)31-18-14-28(15-19-31)27-8-2-1-3-9-27)29-16-20-32(21-17-29)41-46-42-36-12-5-4-10-34(36)35-11-6-7-13-39(35)48(42)47-41/h1-26H. The number of hydrogen-bond donors (Lipinski definition) is 0. The lowest BCUT2D eigenvalue weighted by atomic mass is 10.0. The van der Waals surface area contributed by atoms with Gasteiger partial charge in [-0.2, -0.15) is 0 Å². The van der Waals surface area contributed by atoms with Gasteiger partial charge in [-0.15, -0.1) is 5.10 Å². The second-order valence-electron chi connectivity index (χ2n) is 11.7. The highest BCUT2D eigenvalue weighted by Crippen LogP contribution is 2.32. The van der Waals surface area contributed by atoms with Crippen LogP contribution in [0.2, 0.25) is 0 Å². The van der Waals surface area contributed by atoms with Gasteiger partial charge < -0.3 is 0 Å². The fourth-order valence-electron chi connectivity index (χ4n) is 6.30. The van der Waals surface area contributed by atoms with Gasteiger partial charge in [0.15, 0.2) is 17.3 Å². The van der Waals surface area contributed by atoms with E-state index in [0.29, 0.717) is 17.3 Å². The second-order valence-corrected chi connectivity index (χ2v) is 11.7. The molecule has 0 N–H and O–H groups in total. The topological polar surface area (TPSA) is 56.0 Å². The van der Waals surface area contributed by atoms with E-state index in [1.54, 1.807) is 12.1 Å². The van der Waals surface area contributed by atoms with Crippen molar-refractivity contribution in [3.63, 3.8) is 0 Å². The average Bonchev–Trinajstić information content (AvgIpc) is 3.62. The van der Waals surface area contributed by atoms with E-state index < -0.39 is 0 Å². The molecular formula is C42H26FN5.